The predicted octanol–water partition coefficient (Wildman–Crippen LogP) is 15.4. The number of carbonyl (C=O) groups excluding carboxylic acids is 1. The molecule has 0 spiro atoms. The Balaban J connectivity index is 3.76. The lowest BCUT2D eigenvalue weighted by Gasteiger charge is -2.24. The van der Waals surface area contributed by atoms with E-state index < -0.39 is 26.6 Å². The van der Waals surface area contributed by atoms with E-state index in [1.807, 2.05) is 0 Å². The van der Waals surface area contributed by atoms with Crippen molar-refractivity contribution in [1.29, 1.82) is 0 Å². The molecule has 1 amide bonds. The molecule has 0 aromatic rings. The van der Waals surface area contributed by atoms with Crippen LogP contribution >= 0.6 is 7.82 Å². The van der Waals surface area contributed by atoms with E-state index in [2.05, 4.69) is 19.2 Å². The maximum atomic E-state index is 12.7. The fourth-order valence-corrected chi connectivity index (χ4v) is 8.41. The van der Waals surface area contributed by atoms with Gasteiger partial charge in [0.05, 0.1) is 18.8 Å². The van der Waals surface area contributed by atoms with Crippen molar-refractivity contribution in [3.05, 3.63) is 0 Å². The summed E-state index contributed by atoms with van der Waals surface area (Å²) in [6.07, 6.45) is 52.5. The Morgan fingerprint density at radius 1 is 0.446 bits per heavy atom. The van der Waals surface area contributed by atoms with E-state index in [0.29, 0.717) is 12.8 Å². The SMILES string of the molecule is CCCCCCCCCCCCCCCCCCCCCCCCCC(=O)N[C@@H](COP(=O)(O)O)[C@H](O)CCCCCCCCCCCCCCCCCCC. The molecule has 0 aromatic carbocycles. The average Bonchev–Trinajstić information content (AvgIpc) is 3.17. The van der Waals surface area contributed by atoms with Crippen LogP contribution < -0.4 is 5.32 Å². The Labute approximate surface area is 349 Å². The Morgan fingerprint density at radius 3 is 0.964 bits per heavy atom. The van der Waals surface area contributed by atoms with Crippen molar-refractivity contribution < 1.29 is 28.8 Å². The lowest BCUT2D eigenvalue weighted by atomic mass is 10.0. The highest BCUT2D eigenvalue weighted by Crippen LogP contribution is 2.36. The first-order chi connectivity index (χ1) is 27.3. The standard InChI is InChI=1S/C48H98NO6P/c1-3-5-7-9-11-13-15-17-19-21-22-23-24-25-26-28-30-32-34-36-38-40-42-44-48(51)49-46(45-55-56(52,53)54)47(50)43-41-39-37-35-33-31-29-27-20-18-16-14-12-10-8-6-4-2/h46-47,50H,3-45H2,1-2H3,(H,49,51)(H2,52,53,54)/t46-,47+/m0/s1. The normalized spacial score (nSPS) is 13.0. The number of unbranched alkanes of at least 4 members (excludes halogenated alkanes) is 38. The average molecular weight is 816 g/mol. The molecule has 8 heteroatoms. The summed E-state index contributed by atoms with van der Waals surface area (Å²) in [6.45, 7) is 4.17. The van der Waals surface area contributed by atoms with Crippen LogP contribution in [0.5, 0.6) is 0 Å². The maximum absolute atomic E-state index is 12.7. The summed E-state index contributed by atoms with van der Waals surface area (Å²) in [6, 6.07) is -0.819. The van der Waals surface area contributed by atoms with Crippen LogP contribution in [0.2, 0.25) is 0 Å². The van der Waals surface area contributed by atoms with Crippen molar-refractivity contribution in [2.45, 2.75) is 296 Å². The van der Waals surface area contributed by atoms with Gasteiger partial charge in [0, 0.05) is 6.42 Å². The predicted molar refractivity (Wildman–Crippen MR) is 241 cm³/mol. The van der Waals surface area contributed by atoms with E-state index in [4.69, 9.17) is 4.52 Å². The topological polar surface area (TPSA) is 116 Å². The first-order valence-electron chi connectivity index (χ1n) is 25.0. The maximum Gasteiger partial charge on any atom is 0.469 e. The van der Waals surface area contributed by atoms with Crippen molar-refractivity contribution in [3.8, 4) is 0 Å². The van der Waals surface area contributed by atoms with Crippen molar-refractivity contribution in [2.24, 2.45) is 0 Å². The molecule has 0 aromatic heterocycles. The number of aliphatic hydroxyl groups is 1. The van der Waals surface area contributed by atoms with Crippen LogP contribution in [-0.4, -0.2) is 39.6 Å². The first kappa shape index (κ1) is 55.5. The van der Waals surface area contributed by atoms with Gasteiger partial charge in [0.2, 0.25) is 5.91 Å². The third kappa shape index (κ3) is 44.6. The monoisotopic (exact) mass is 816 g/mol. The number of nitrogens with one attached hydrogen (secondary N) is 1. The summed E-state index contributed by atoms with van der Waals surface area (Å²) in [4.78, 5) is 31.1. The summed E-state index contributed by atoms with van der Waals surface area (Å²) >= 11 is 0. The second kappa shape index (κ2) is 44.1. The highest BCUT2D eigenvalue weighted by atomic mass is 31.2. The molecule has 0 aliphatic heterocycles. The van der Waals surface area contributed by atoms with Crippen LogP contribution in [0, 0.1) is 0 Å². The van der Waals surface area contributed by atoms with Crippen molar-refractivity contribution in [2.75, 3.05) is 6.61 Å². The largest absolute Gasteiger partial charge is 0.469 e. The van der Waals surface area contributed by atoms with Crippen LogP contribution in [0.4, 0.5) is 0 Å². The lowest BCUT2D eigenvalue weighted by Crippen LogP contribution is -2.46. The minimum Gasteiger partial charge on any atom is -0.391 e. The summed E-state index contributed by atoms with van der Waals surface area (Å²) in [5, 5.41) is 13.6. The van der Waals surface area contributed by atoms with Crippen LogP contribution in [0.1, 0.15) is 284 Å². The summed E-state index contributed by atoms with van der Waals surface area (Å²) < 4.78 is 16.0. The third-order valence-corrected chi connectivity index (χ3v) is 12.3. The van der Waals surface area contributed by atoms with Gasteiger partial charge in [-0.05, 0) is 12.8 Å². The van der Waals surface area contributed by atoms with Gasteiger partial charge in [-0.25, -0.2) is 4.57 Å². The number of carbonyl (C=O) groups is 1. The summed E-state index contributed by atoms with van der Waals surface area (Å²) in [7, 11) is -4.69. The molecule has 2 atom stereocenters. The van der Waals surface area contributed by atoms with Gasteiger partial charge in [-0.15, -0.1) is 0 Å². The van der Waals surface area contributed by atoms with Gasteiger partial charge < -0.3 is 20.2 Å². The molecule has 4 N–H and O–H groups in total. The Kier molecular flexibility index (Phi) is 43.7. The third-order valence-electron chi connectivity index (χ3n) is 11.8. The van der Waals surface area contributed by atoms with Gasteiger partial charge in [-0.2, -0.15) is 0 Å². The molecular formula is C48H98NO6P. The molecule has 0 aliphatic carbocycles. The zero-order chi connectivity index (χ0) is 41.1. The molecule has 0 saturated carbocycles. The summed E-state index contributed by atoms with van der Waals surface area (Å²) in [5.74, 6) is -0.186. The number of rotatable bonds is 47. The molecule has 0 rings (SSSR count). The molecule has 0 heterocycles. The zero-order valence-corrected chi connectivity index (χ0v) is 38.5. The number of phosphoric acid groups is 1. The van der Waals surface area contributed by atoms with Gasteiger partial charge in [0.1, 0.15) is 0 Å². The van der Waals surface area contributed by atoms with Gasteiger partial charge in [0.15, 0.2) is 0 Å². The van der Waals surface area contributed by atoms with Crippen LogP contribution in [0.25, 0.3) is 0 Å². The quantitative estimate of drug-likeness (QED) is 0.0359. The van der Waals surface area contributed by atoms with Gasteiger partial charge in [-0.1, -0.05) is 264 Å². The molecule has 336 valence electrons. The minimum atomic E-state index is -4.69. The molecule has 0 unspecified atom stereocenters. The van der Waals surface area contributed by atoms with Gasteiger partial charge >= 0.3 is 7.82 Å². The number of hydrogen-bond donors (Lipinski definition) is 4. The van der Waals surface area contributed by atoms with Crippen molar-refractivity contribution in [3.63, 3.8) is 0 Å². The van der Waals surface area contributed by atoms with E-state index in [1.165, 1.54) is 218 Å². The molecule has 7 nitrogen and oxygen atoms in total. The highest BCUT2D eigenvalue weighted by Gasteiger charge is 2.25. The smallest absolute Gasteiger partial charge is 0.391 e. The minimum absolute atomic E-state index is 0.186. The molecule has 0 radical (unpaired) electrons. The number of amides is 1. The van der Waals surface area contributed by atoms with E-state index in [9.17, 15) is 24.3 Å². The Morgan fingerprint density at radius 2 is 0.696 bits per heavy atom. The number of hydrogen-bond acceptors (Lipinski definition) is 4. The first-order valence-corrected chi connectivity index (χ1v) is 26.5. The Hall–Kier alpha value is -0.460. The molecule has 0 saturated heterocycles. The van der Waals surface area contributed by atoms with Gasteiger partial charge in [0.25, 0.3) is 0 Å². The van der Waals surface area contributed by atoms with E-state index in [-0.39, 0.29) is 5.91 Å². The molecule has 0 bridgehead atoms. The lowest BCUT2D eigenvalue weighted by molar-refractivity contribution is -0.123. The summed E-state index contributed by atoms with van der Waals surface area (Å²) in [5.41, 5.74) is 0. The van der Waals surface area contributed by atoms with Crippen molar-refractivity contribution >= 4 is 13.7 Å². The van der Waals surface area contributed by atoms with Gasteiger partial charge in [-0.3, -0.25) is 9.32 Å². The molecule has 56 heavy (non-hydrogen) atoms. The number of phosphoric ester groups is 1. The van der Waals surface area contributed by atoms with E-state index >= 15 is 0 Å². The second-order valence-electron chi connectivity index (χ2n) is 17.5. The second-order valence-corrected chi connectivity index (χ2v) is 18.7. The van der Waals surface area contributed by atoms with E-state index in [0.717, 1.165) is 38.5 Å². The fourth-order valence-electron chi connectivity index (χ4n) is 8.06. The number of aliphatic hydroxyl groups excluding tert-OH is 1. The van der Waals surface area contributed by atoms with Crippen LogP contribution in [-0.2, 0) is 13.9 Å². The van der Waals surface area contributed by atoms with Crippen molar-refractivity contribution in [1.82, 2.24) is 5.32 Å². The van der Waals surface area contributed by atoms with Crippen LogP contribution in [0.3, 0.4) is 0 Å². The van der Waals surface area contributed by atoms with Crippen LogP contribution in [0.15, 0.2) is 0 Å². The zero-order valence-electron chi connectivity index (χ0n) is 37.6. The Bertz CT molecular complexity index is 838. The molecule has 0 fully saturated rings. The molecular weight excluding hydrogens is 718 g/mol. The highest BCUT2D eigenvalue weighted by molar-refractivity contribution is 7.46. The van der Waals surface area contributed by atoms with E-state index in [1.54, 1.807) is 0 Å². The molecule has 0 aliphatic rings. The fraction of sp³-hybridized carbons (Fsp3) is 0.979.